The molecule has 0 bridgehead atoms. The summed E-state index contributed by atoms with van der Waals surface area (Å²) >= 11 is 0. The van der Waals surface area contributed by atoms with Crippen LogP contribution in [0.4, 0.5) is 18.9 Å². The second-order valence-electron chi connectivity index (χ2n) is 6.58. The molecular weight excluding hydrogens is 512 g/mol. The van der Waals surface area contributed by atoms with Crippen LogP contribution in [0.3, 0.4) is 0 Å². The molecule has 3 N–H and O–H groups in total. The zero-order valence-corrected chi connectivity index (χ0v) is 18.5. The van der Waals surface area contributed by atoms with Crippen molar-refractivity contribution in [3.05, 3.63) is 59.7 Å². The molecule has 2 aromatic carbocycles. The summed E-state index contributed by atoms with van der Waals surface area (Å²) in [5, 5.41) is 2.65. The second-order valence-corrected chi connectivity index (χ2v) is 6.58. The number of benzene rings is 2. The first-order valence-corrected chi connectivity index (χ1v) is 9.19. The lowest BCUT2D eigenvalue weighted by Crippen LogP contribution is -2.35. The molecule has 10 heteroatoms. The van der Waals surface area contributed by atoms with Crippen molar-refractivity contribution in [1.82, 2.24) is 4.90 Å². The maximum Gasteiger partial charge on any atom is 0.573 e. The Morgan fingerprint density at radius 2 is 1.70 bits per heavy atom. The van der Waals surface area contributed by atoms with Gasteiger partial charge in [-0.3, -0.25) is 4.90 Å². The molecule has 0 unspecified atom stereocenters. The highest BCUT2D eigenvalue weighted by Gasteiger charge is 2.32. The van der Waals surface area contributed by atoms with Crippen LogP contribution in [0.25, 0.3) is 0 Å². The molecule has 30 heavy (non-hydrogen) atoms. The molecule has 0 aliphatic carbocycles. The standard InChI is InChI=1S/C20H23F3N4O2.HI/c21-20(22,23)29-18-4-2-1-3-17(18)26-19(24)25-13-15-5-7-16(8-6-15)14-27-9-11-28-12-10-27;/h1-8H,9-14H2,(H3,24,25,26);1H. The molecule has 0 atom stereocenters. The molecule has 1 aliphatic heterocycles. The highest BCUT2D eigenvalue weighted by molar-refractivity contribution is 14.0. The number of para-hydroxylation sites is 2. The van der Waals surface area contributed by atoms with Gasteiger partial charge in [0.15, 0.2) is 11.7 Å². The summed E-state index contributed by atoms with van der Waals surface area (Å²) in [6, 6.07) is 13.7. The summed E-state index contributed by atoms with van der Waals surface area (Å²) in [6.07, 6.45) is -4.79. The van der Waals surface area contributed by atoms with E-state index in [1.807, 2.05) is 24.3 Å². The van der Waals surface area contributed by atoms with Gasteiger partial charge >= 0.3 is 6.36 Å². The van der Waals surface area contributed by atoms with E-state index >= 15 is 0 Å². The molecule has 1 heterocycles. The van der Waals surface area contributed by atoms with Gasteiger partial charge in [-0.15, -0.1) is 37.1 Å². The number of anilines is 1. The van der Waals surface area contributed by atoms with E-state index in [0.29, 0.717) is 6.54 Å². The van der Waals surface area contributed by atoms with Gasteiger partial charge in [0, 0.05) is 19.6 Å². The molecule has 1 fully saturated rings. The third-order valence-electron chi connectivity index (χ3n) is 4.34. The van der Waals surface area contributed by atoms with Gasteiger partial charge in [-0.05, 0) is 23.3 Å². The van der Waals surface area contributed by atoms with Crippen LogP contribution in [0, 0.1) is 0 Å². The predicted octanol–water partition coefficient (Wildman–Crippen LogP) is 3.96. The van der Waals surface area contributed by atoms with Crippen molar-refractivity contribution in [2.45, 2.75) is 19.5 Å². The molecular formula is C20H24F3IN4O2. The Bertz CT molecular complexity index is 826. The van der Waals surface area contributed by atoms with Crippen molar-refractivity contribution in [3.8, 4) is 5.75 Å². The average molecular weight is 536 g/mol. The molecule has 0 spiro atoms. The SMILES string of the molecule is I.NC(=NCc1ccc(CN2CCOCC2)cc1)Nc1ccccc1OC(F)(F)F. The first kappa shape index (κ1) is 24.2. The molecule has 0 amide bonds. The van der Waals surface area contributed by atoms with E-state index in [1.165, 1.54) is 23.8 Å². The largest absolute Gasteiger partial charge is 0.573 e. The second kappa shape index (κ2) is 11.4. The Labute approximate surface area is 190 Å². The van der Waals surface area contributed by atoms with E-state index in [4.69, 9.17) is 10.5 Å². The fourth-order valence-corrected chi connectivity index (χ4v) is 2.91. The van der Waals surface area contributed by atoms with Gasteiger partial charge in [0.1, 0.15) is 0 Å². The Morgan fingerprint density at radius 3 is 2.37 bits per heavy atom. The topological polar surface area (TPSA) is 72.1 Å². The van der Waals surface area contributed by atoms with E-state index in [1.54, 1.807) is 6.07 Å². The summed E-state index contributed by atoms with van der Waals surface area (Å²) in [5.41, 5.74) is 8.06. The average Bonchev–Trinajstić information content (AvgIpc) is 2.69. The molecule has 0 aromatic heterocycles. The minimum atomic E-state index is -4.79. The molecule has 2 aromatic rings. The van der Waals surface area contributed by atoms with Crippen molar-refractivity contribution < 1.29 is 22.6 Å². The van der Waals surface area contributed by atoms with E-state index in [0.717, 1.165) is 38.4 Å². The van der Waals surface area contributed by atoms with Gasteiger partial charge in [-0.2, -0.15) is 0 Å². The van der Waals surface area contributed by atoms with Crippen molar-refractivity contribution in [3.63, 3.8) is 0 Å². The summed E-state index contributed by atoms with van der Waals surface area (Å²) in [5.74, 6) is -0.369. The van der Waals surface area contributed by atoms with E-state index in [9.17, 15) is 13.2 Å². The number of morpholine rings is 1. The van der Waals surface area contributed by atoms with E-state index in [-0.39, 0.29) is 41.4 Å². The Balaban J connectivity index is 0.00000320. The van der Waals surface area contributed by atoms with Crippen LogP contribution in [-0.2, 0) is 17.8 Å². The lowest BCUT2D eigenvalue weighted by atomic mass is 10.1. The quantitative estimate of drug-likeness (QED) is 0.333. The van der Waals surface area contributed by atoms with Crippen molar-refractivity contribution in [1.29, 1.82) is 0 Å². The first-order chi connectivity index (χ1) is 13.9. The zero-order valence-electron chi connectivity index (χ0n) is 16.2. The molecule has 0 radical (unpaired) electrons. The van der Waals surface area contributed by atoms with Crippen LogP contribution >= 0.6 is 24.0 Å². The van der Waals surface area contributed by atoms with Gasteiger partial charge in [-0.1, -0.05) is 36.4 Å². The molecule has 1 saturated heterocycles. The Morgan fingerprint density at radius 1 is 1.07 bits per heavy atom. The lowest BCUT2D eigenvalue weighted by molar-refractivity contribution is -0.274. The normalized spacial score (nSPS) is 15.4. The number of rotatable bonds is 6. The van der Waals surface area contributed by atoms with Crippen LogP contribution in [-0.4, -0.2) is 43.5 Å². The molecule has 3 rings (SSSR count). The molecule has 164 valence electrons. The summed E-state index contributed by atoms with van der Waals surface area (Å²) in [4.78, 5) is 6.52. The number of nitrogens with zero attached hydrogens (tertiary/aromatic N) is 2. The summed E-state index contributed by atoms with van der Waals surface area (Å²) < 4.78 is 46.8. The van der Waals surface area contributed by atoms with Gasteiger partial charge in [-0.25, -0.2) is 4.99 Å². The number of aliphatic imine (C=N–C) groups is 1. The van der Waals surface area contributed by atoms with Crippen LogP contribution in [0.15, 0.2) is 53.5 Å². The molecule has 0 saturated carbocycles. The highest BCUT2D eigenvalue weighted by atomic mass is 127. The third kappa shape index (κ3) is 8.00. The highest BCUT2D eigenvalue weighted by Crippen LogP contribution is 2.29. The Hall–Kier alpha value is -2.05. The fraction of sp³-hybridized carbons (Fsp3) is 0.350. The van der Waals surface area contributed by atoms with Crippen LogP contribution < -0.4 is 15.8 Å². The van der Waals surface area contributed by atoms with Crippen molar-refractivity contribution in [2.24, 2.45) is 10.7 Å². The van der Waals surface area contributed by atoms with E-state index in [2.05, 4.69) is 19.9 Å². The smallest absolute Gasteiger partial charge is 0.404 e. The molecule has 6 nitrogen and oxygen atoms in total. The number of hydrogen-bond donors (Lipinski definition) is 2. The van der Waals surface area contributed by atoms with Crippen LogP contribution in [0.2, 0.25) is 0 Å². The number of halogens is 4. The predicted molar refractivity (Wildman–Crippen MR) is 120 cm³/mol. The maximum absolute atomic E-state index is 12.5. The maximum atomic E-state index is 12.5. The zero-order chi connectivity index (χ0) is 20.7. The molecule has 1 aliphatic rings. The first-order valence-electron chi connectivity index (χ1n) is 9.19. The number of hydrogen-bond acceptors (Lipinski definition) is 4. The number of alkyl halides is 3. The van der Waals surface area contributed by atoms with Crippen LogP contribution in [0.1, 0.15) is 11.1 Å². The van der Waals surface area contributed by atoms with Crippen LogP contribution in [0.5, 0.6) is 5.75 Å². The number of guanidine groups is 1. The third-order valence-corrected chi connectivity index (χ3v) is 4.34. The number of nitrogens with two attached hydrogens (primary N) is 1. The number of nitrogens with one attached hydrogen (secondary N) is 1. The minimum Gasteiger partial charge on any atom is -0.404 e. The van der Waals surface area contributed by atoms with Gasteiger partial charge in [0.25, 0.3) is 0 Å². The van der Waals surface area contributed by atoms with E-state index < -0.39 is 6.36 Å². The van der Waals surface area contributed by atoms with Gasteiger partial charge < -0.3 is 20.5 Å². The van der Waals surface area contributed by atoms with Gasteiger partial charge in [0.05, 0.1) is 25.4 Å². The number of ether oxygens (including phenoxy) is 2. The fourth-order valence-electron chi connectivity index (χ4n) is 2.91. The Kier molecular flexibility index (Phi) is 9.18. The minimum absolute atomic E-state index is 0. The summed E-state index contributed by atoms with van der Waals surface area (Å²) in [6.45, 7) is 4.54. The van der Waals surface area contributed by atoms with Crippen molar-refractivity contribution in [2.75, 3.05) is 31.6 Å². The lowest BCUT2D eigenvalue weighted by Gasteiger charge is -2.26. The van der Waals surface area contributed by atoms with Crippen molar-refractivity contribution >= 4 is 35.6 Å². The monoisotopic (exact) mass is 536 g/mol. The van der Waals surface area contributed by atoms with Gasteiger partial charge in [0.2, 0.25) is 0 Å². The summed E-state index contributed by atoms with van der Waals surface area (Å²) in [7, 11) is 0.